The molecule has 0 saturated carbocycles. The molecule has 1 N–H and O–H groups in total. The van der Waals surface area contributed by atoms with Gasteiger partial charge < -0.3 is 10.1 Å². The number of thiophene rings is 1. The molecule has 28 heavy (non-hydrogen) atoms. The van der Waals surface area contributed by atoms with Crippen molar-refractivity contribution in [3.05, 3.63) is 76.2 Å². The minimum Gasteiger partial charge on any atom is -0.462 e. The number of ether oxygens (including phenoxy) is 1. The standard InChI is InChI=1S/C23H23NO3S/c1-4-27-23(26)21-19(18-11-10-15(2)16(3)12-18)14-28-22(21)24-20(25)13-17-8-6-5-7-9-17/h5-12,14H,4,13H2,1-3H3,(H,24,25). The Labute approximate surface area is 169 Å². The summed E-state index contributed by atoms with van der Waals surface area (Å²) < 4.78 is 5.26. The molecule has 0 atom stereocenters. The summed E-state index contributed by atoms with van der Waals surface area (Å²) in [6.07, 6.45) is 0.250. The SMILES string of the molecule is CCOC(=O)c1c(-c2ccc(C)c(C)c2)csc1NC(=O)Cc1ccccc1. The summed E-state index contributed by atoms with van der Waals surface area (Å²) in [6, 6.07) is 15.6. The Morgan fingerprint density at radius 3 is 2.46 bits per heavy atom. The number of amides is 1. The molecule has 0 aliphatic heterocycles. The molecule has 1 heterocycles. The average molecular weight is 394 g/mol. The molecule has 5 heteroatoms. The zero-order chi connectivity index (χ0) is 20.1. The fraction of sp³-hybridized carbons (Fsp3) is 0.217. The number of rotatable bonds is 6. The maximum absolute atomic E-state index is 12.6. The van der Waals surface area contributed by atoms with Gasteiger partial charge in [0.25, 0.3) is 0 Å². The van der Waals surface area contributed by atoms with Crippen LogP contribution in [0.5, 0.6) is 0 Å². The third-order valence-corrected chi connectivity index (χ3v) is 5.44. The first-order chi connectivity index (χ1) is 13.5. The first-order valence-corrected chi connectivity index (χ1v) is 10.1. The van der Waals surface area contributed by atoms with E-state index in [4.69, 9.17) is 4.74 Å². The van der Waals surface area contributed by atoms with E-state index in [9.17, 15) is 9.59 Å². The molecular formula is C23H23NO3S. The fourth-order valence-electron chi connectivity index (χ4n) is 2.93. The van der Waals surface area contributed by atoms with Gasteiger partial charge in [-0.05, 0) is 43.0 Å². The molecule has 0 spiro atoms. The van der Waals surface area contributed by atoms with Crippen LogP contribution in [0, 0.1) is 13.8 Å². The molecule has 0 aliphatic rings. The van der Waals surface area contributed by atoms with Crippen LogP contribution < -0.4 is 5.32 Å². The van der Waals surface area contributed by atoms with Crippen molar-refractivity contribution in [1.29, 1.82) is 0 Å². The van der Waals surface area contributed by atoms with E-state index in [1.54, 1.807) is 6.92 Å². The summed E-state index contributed by atoms with van der Waals surface area (Å²) in [5.74, 6) is -0.586. The minimum atomic E-state index is -0.424. The van der Waals surface area contributed by atoms with Gasteiger partial charge in [0.2, 0.25) is 5.91 Å². The molecule has 0 saturated heterocycles. The van der Waals surface area contributed by atoms with Gasteiger partial charge in [0.05, 0.1) is 13.0 Å². The number of carbonyl (C=O) groups is 2. The van der Waals surface area contributed by atoms with E-state index in [2.05, 4.69) is 11.4 Å². The van der Waals surface area contributed by atoms with Crippen molar-refractivity contribution in [2.75, 3.05) is 11.9 Å². The molecule has 1 amide bonds. The van der Waals surface area contributed by atoms with Crippen LogP contribution in [0.15, 0.2) is 53.9 Å². The highest BCUT2D eigenvalue weighted by atomic mass is 32.1. The van der Waals surface area contributed by atoms with Crippen LogP contribution >= 0.6 is 11.3 Å². The summed E-state index contributed by atoms with van der Waals surface area (Å²) in [4.78, 5) is 25.1. The van der Waals surface area contributed by atoms with Crippen LogP contribution in [-0.4, -0.2) is 18.5 Å². The third-order valence-electron chi connectivity index (χ3n) is 4.55. The van der Waals surface area contributed by atoms with Gasteiger partial charge in [0.1, 0.15) is 10.6 Å². The smallest absolute Gasteiger partial charge is 0.341 e. The lowest BCUT2D eigenvalue weighted by atomic mass is 9.99. The Morgan fingerprint density at radius 1 is 1.04 bits per heavy atom. The van der Waals surface area contributed by atoms with E-state index in [0.717, 1.165) is 22.3 Å². The topological polar surface area (TPSA) is 55.4 Å². The number of aryl methyl sites for hydroxylation is 2. The Bertz CT molecular complexity index is 992. The molecule has 0 fully saturated rings. The molecule has 0 unspecified atom stereocenters. The van der Waals surface area contributed by atoms with Crippen LogP contribution in [0.4, 0.5) is 5.00 Å². The van der Waals surface area contributed by atoms with Gasteiger partial charge in [-0.15, -0.1) is 11.3 Å². The highest BCUT2D eigenvalue weighted by Crippen LogP contribution is 2.37. The predicted molar refractivity (Wildman–Crippen MR) is 114 cm³/mol. The first-order valence-electron chi connectivity index (χ1n) is 9.19. The fourth-order valence-corrected chi connectivity index (χ4v) is 3.90. The number of benzene rings is 2. The zero-order valence-electron chi connectivity index (χ0n) is 16.2. The molecule has 0 aliphatic carbocycles. The highest BCUT2D eigenvalue weighted by molar-refractivity contribution is 7.15. The molecule has 2 aromatic carbocycles. The quantitative estimate of drug-likeness (QED) is 0.571. The third kappa shape index (κ3) is 4.49. The van der Waals surface area contributed by atoms with Gasteiger partial charge in [0.15, 0.2) is 0 Å². The van der Waals surface area contributed by atoms with Crippen molar-refractivity contribution < 1.29 is 14.3 Å². The number of carbonyl (C=O) groups excluding carboxylic acids is 2. The maximum Gasteiger partial charge on any atom is 0.341 e. The first kappa shape index (κ1) is 19.8. The monoisotopic (exact) mass is 393 g/mol. The number of nitrogens with one attached hydrogen (secondary N) is 1. The summed E-state index contributed by atoms with van der Waals surface area (Å²) in [5.41, 5.74) is 5.38. The Kier molecular flexibility index (Phi) is 6.26. The summed E-state index contributed by atoms with van der Waals surface area (Å²) in [7, 11) is 0. The molecule has 0 radical (unpaired) electrons. The normalized spacial score (nSPS) is 10.5. The van der Waals surface area contributed by atoms with Crippen LogP contribution in [0.3, 0.4) is 0 Å². The number of esters is 1. The van der Waals surface area contributed by atoms with Gasteiger partial charge in [-0.25, -0.2) is 4.79 Å². The molecule has 1 aromatic heterocycles. The molecular weight excluding hydrogens is 370 g/mol. The maximum atomic E-state index is 12.6. The molecule has 0 bridgehead atoms. The number of anilines is 1. The van der Waals surface area contributed by atoms with Crippen LogP contribution in [0.1, 0.15) is 34.0 Å². The Morgan fingerprint density at radius 2 is 1.79 bits per heavy atom. The average Bonchev–Trinajstić information content (AvgIpc) is 3.08. The lowest BCUT2D eigenvalue weighted by Gasteiger charge is -2.10. The van der Waals surface area contributed by atoms with Crippen molar-refractivity contribution in [1.82, 2.24) is 0 Å². The molecule has 4 nitrogen and oxygen atoms in total. The molecule has 144 valence electrons. The van der Waals surface area contributed by atoms with E-state index in [1.807, 2.05) is 61.7 Å². The summed E-state index contributed by atoms with van der Waals surface area (Å²) in [6.45, 7) is 6.14. The van der Waals surface area contributed by atoms with Gasteiger partial charge in [-0.3, -0.25) is 4.79 Å². The second-order valence-electron chi connectivity index (χ2n) is 6.58. The lowest BCUT2D eigenvalue weighted by molar-refractivity contribution is -0.115. The van der Waals surface area contributed by atoms with Gasteiger partial charge in [-0.1, -0.05) is 48.5 Å². The largest absolute Gasteiger partial charge is 0.462 e. The number of hydrogen-bond donors (Lipinski definition) is 1. The van der Waals surface area contributed by atoms with Gasteiger partial charge in [-0.2, -0.15) is 0 Å². The highest BCUT2D eigenvalue weighted by Gasteiger charge is 2.23. The summed E-state index contributed by atoms with van der Waals surface area (Å²) >= 11 is 1.34. The van der Waals surface area contributed by atoms with E-state index >= 15 is 0 Å². The Balaban J connectivity index is 1.92. The van der Waals surface area contributed by atoms with E-state index < -0.39 is 5.97 Å². The number of hydrogen-bond acceptors (Lipinski definition) is 4. The predicted octanol–water partition coefficient (Wildman–Crippen LogP) is 5.39. The van der Waals surface area contributed by atoms with Crippen LogP contribution in [0.2, 0.25) is 0 Å². The Hall–Kier alpha value is -2.92. The van der Waals surface area contributed by atoms with Crippen molar-refractivity contribution in [2.45, 2.75) is 27.2 Å². The van der Waals surface area contributed by atoms with Crippen molar-refractivity contribution in [3.8, 4) is 11.1 Å². The second kappa shape index (κ2) is 8.85. The second-order valence-corrected chi connectivity index (χ2v) is 7.46. The lowest BCUT2D eigenvalue weighted by Crippen LogP contribution is -2.16. The van der Waals surface area contributed by atoms with E-state index in [1.165, 1.54) is 16.9 Å². The van der Waals surface area contributed by atoms with E-state index in [-0.39, 0.29) is 18.9 Å². The molecule has 3 rings (SSSR count). The van der Waals surface area contributed by atoms with Crippen molar-refractivity contribution >= 4 is 28.2 Å². The minimum absolute atomic E-state index is 0.162. The van der Waals surface area contributed by atoms with Gasteiger partial charge in [0, 0.05) is 10.9 Å². The van der Waals surface area contributed by atoms with Crippen LogP contribution in [-0.2, 0) is 16.0 Å². The van der Waals surface area contributed by atoms with Crippen molar-refractivity contribution in [2.24, 2.45) is 0 Å². The van der Waals surface area contributed by atoms with Crippen LogP contribution in [0.25, 0.3) is 11.1 Å². The van der Waals surface area contributed by atoms with Crippen molar-refractivity contribution in [3.63, 3.8) is 0 Å². The zero-order valence-corrected chi connectivity index (χ0v) is 17.1. The van der Waals surface area contributed by atoms with Gasteiger partial charge >= 0.3 is 5.97 Å². The summed E-state index contributed by atoms with van der Waals surface area (Å²) in [5, 5.41) is 5.31. The molecule has 3 aromatic rings. The van der Waals surface area contributed by atoms with E-state index in [0.29, 0.717) is 10.6 Å².